The molecule has 25 heavy (non-hydrogen) atoms. The highest BCUT2D eigenvalue weighted by molar-refractivity contribution is 7.92. The average molecular weight is 358 g/mol. The number of hydrogen-bond acceptors (Lipinski definition) is 4. The molecule has 0 unspecified atom stereocenters. The van der Waals surface area contributed by atoms with E-state index < -0.39 is 10.0 Å². The Morgan fingerprint density at radius 1 is 1.04 bits per heavy atom. The summed E-state index contributed by atoms with van der Waals surface area (Å²) in [6.45, 7) is 5.34. The number of Topliss-reactive ketones (excluding diaryl/α,β-unsaturated/α-hetero) is 1. The zero-order valence-electron chi connectivity index (χ0n) is 14.5. The van der Waals surface area contributed by atoms with Crippen LogP contribution < -0.4 is 9.62 Å². The molecule has 1 aliphatic heterocycles. The van der Waals surface area contributed by atoms with Gasteiger partial charge in [-0.05, 0) is 56.5 Å². The average Bonchev–Trinajstić information content (AvgIpc) is 3.11. The molecule has 0 aromatic heterocycles. The molecular weight excluding hydrogens is 336 g/mol. The lowest BCUT2D eigenvalue weighted by Crippen LogP contribution is -2.19. The molecule has 0 saturated carbocycles. The van der Waals surface area contributed by atoms with E-state index in [4.69, 9.17) is 0 Å². The standard InChI is InChI=1S/C19H22N2O3S/c1-14-5-8-17(21-11-3-4-12-21)13-19(14)20-25(23,24)18-9-6-16(7-10-18)15(2)22/h5-10,13,20H,3-4,11-12H2,1-2H3. The lowest BCUT2D eigenvalue weighted by Gasteiger charge is -2.20. The number of anilines is 2. The van der Waals surface area contributed by atoms with Gasteiger partial charge in [0.15, 0.2) is 5.78 Å². The molecule has 1 aliphatic rings. The largest absolute Gasteiger partial charge is 0.371 e. The topological polar surface area (TPSA) is 66.5 Å². The van der Waals surface area contributed by atoms with Crippen molar-refractivity contribution in [3.63, 3.8) is 0 Å². The Kier molecular flexibility index (Phi) is 4.81. The summed E-state index contributed by atoms with van der Waals surface area (Å²) in [5.41, 5.74) is 2.98. The van der Waals surface area contributed by atoms with E-state index in [0.29, 0.717) is 11.3 Å². The lowest BCUT2D eigenvalue weighted by molar-refractivity contribution is 0.101. The highest BCUT2D eigenvalue weighted by Crippen LogP contribution is 2.28. The van der Waals surface area contributed by atoms with E-state index >= 15 is 0 Å². The number of carbonyl (C=O) groups excluding carboxylic acids is 1. The summed E-state index contributed by atoms with van der Waals surface area (Å²) in [6, 6.07) is 11.8. The maximum Gasteiger partial charge on any atom is 0.261 e. The van der Waals surface area contributed by atoms with Gasteiger partial charge in [-0.1, -0.05) is 18.2 Å². The van der Waals surface area contributed by atoms with Crippen molar-refractivity contribution in [2.75, 3.05) is 22.7 Å². The van der Waals surface area contributed by atoms with Crippen LogP contribution in [0.5, 0.6) is 0 Å². The van der Waals surface area contributed by atoms with E-state index in [-0.39, 0.29) is 10.7 Å². The monoisotopic (exact) mass is 358 g/mol. The van der Waals surface area contributed by atoms with Gasteiger partial charge >= 0.3 is 0 Å². The molecule has 0 radical (unpaired) electrons. The van der Waals surface area contributed by atoms with Crippen LogP contribution in [0.1, 0.15) is 35.7 Å². The minimum Gasteiger partial charge on any atom is -0.371 e. The maximum absolute atomic E-state index is 12.7. The summed E-state index contributed by atoms with van der Waals surface area (Å²) >= 11 is 0. The van der Waals surface area contributed by atoms with Crippen LogP contribution in [0.4, 0.5) is 11.4 Å². The maximum atomic E-state index is 12.7. The fourth-order valence-electron chi connectivity index (χ4n) is 2.96. The number of sulfonamides is 1. The van der Waals surface area contributed by atoms with Crippen molar-refractivity contribution in [1.82, 2.24) is 0 Å². The van der Waals surface area contributed by atoms with Gasteiger partial charge in [0.05, 0.1) is 10.6 Å². The van der Waals surface area contributed by atoms with Gasteiger partial charge in [-0.2, -0.15) is 0 Å². The summed E-state index contributed by atoms with van der Waals surface area (Å²) < 4.78 is 28.0. The van der Waals surface area contributed by atoms with Crippen LogP contribution in [0, 0.1) is 6.92 Å². The SMILES string of the molecule is CC(=O)c1ccc(S(=O)(=O)Nc2cc(N3CCCC3)ccc2C)cc1. The molecule has 5 nitrogen and oxygen atoms in total. The first-order chi connectivity index (χ1) is 11.9. The number of nitrogens with zero attached hydrogens (tertiary/aromatic N) is 1. The minimum atomic E-state index is -3.70. The van der Waals surface area contributed by atoms with E-state index in [1.54, 1.807) is 0 Å². The second-order valence-electron chi connectivity index (χ2n) is 6.38. The predicted octanol–water partition coefficient (Wildman–Crippen LogP) is 3.60. The fourth-order valence-corrected chi connectivity index (χ4v) is 4.09. The molecule has 0 spiro atoms. The molecule has 0 bridgehead atoms. The van der Waals surface area contributed by atoms with Crippen LogP contribution in [0.15, 0.2) is 47.4 Å². The second-order valence-corrected chi connectivity index (χ2v) is 8.06. The first-order valence-electron chi connectivity index (χ1n) is 8.36. The van der Waals surface area contributed by atoms with Crippen molar-refractivity contribution >= 4 is 27.2 Å². The number of carbonyl (C=O) groups is 1. The number of aryl methyl sites for hydroxylation is 1. The Bertz CT molecular complexity index is 883. The number of nitrogens with one attached hydrogen (secondary N) is 1. The molecule has 0 amide bonds. The zero-order valence-corrected chi connectivity index (χ0v) is 15.3. The summed E-state index contributed by atoms with van der Waals surface area (Å²) in [5.74, 6) is -0.0916. The first kappa shape index (κ1) is 17.5. The van der Waals surface area contributed by atoms with Gasteiger partial charge in [-0.25, -0.2) is 8.42 Å². The van der Waals surface area contributed by atoms with Crippen LogP contribution in [-0.4, -0.2) is 27.3 Å². The lowest BCUT2D eigenvalue weighted by atomic mass is 10.2. The van der Waals surface area contributed by atoms with E-state index in [1.165, 1.54) is 31.2 Å². The van der Waals surface area contributed by atoms with Gasteiger partial charge < -0.3 is 4.90 Å². The predicted molar refractivity (Wildman–Crippen MR) is 99.9 cm³/mol. The van der Waals surface area contributed by atoms with Crippen molar-refractivity contribution in [3.05, 3.63) is 53.6 Å². The molecule has 3 rings (SSSR count). The highest BCUT2D eigenvalue weighted by atomic mass is 32.2. The van der Waals surface area contributed by atoms with Gasteiger partial charge in [0.25, 0.3) is 10.0 Å². The Morgan fingerprint density at radius 3 is 2.28 bits per heavy atom. The molecule has 1 N–H and O–H groups in total. The molecule has 1 saturated heterocycles. The zero-order chi connectivity index (χ0) is 18.0. The van der Waals surface area contributed by atoms with Crippen LogP contribution in [0.3, 0.4) is 0 Å². The molecule has 2 aromatic rings. The number of rotatable bonds is 5. The van der Waals surface area contributed by atoms with Crippen molar-refractivity contribution in [3.8, 4) is 0 Å². The third-order valence-corrected chi connectivity index (χ3v) is 5.89. The first-order valence-corrected chi connectivity index (χ1v) is 9.84. The summed E-state index contributed by atoms with van der Waals surface area (Å²) in [7, 11) is -3.70. The quantitative estimate of drug-likeness (QED) is 0.830. The highest BCUT2D eigenvalue weighted by Gasteiger charge is 2.18. The van der Waals surface area contributed by atoms with Gasteiger partial charge in [0.2, 0.25) is 0 Å². The smallest absolute Gasteiger partial charge is 0.261 e. The molecule has 1 fully saturated rings. The van der Waals surface area contributed by atoms with Crippen LogP contribution in [0.25, 0.3) is 0 Å². The second kappa shape index (κ2) is 6.88. The summed E-state index contributed by atoms with van der Waals surface area (Å²) in [5, 5.41) is 0. The van der Waals surface area contributed by atoms with E-state index in [9.17, 15) is 13.2 Å². The van der Waals surface area contributed by atoms with Gasteiger partial charge in [-0.15, -0.1) is 0 Å². The molecule has 0 atom stereocenters. The van der Waals surface area contributed by atoms with Crippen LogP contribution in [-0.2, 0) is 10.0 Å². The molecule has 1 heterocycles. The van der Waals surface area contributed by atoms with Crippen molar-refractivity contribution in [2.24, 2.45) is 0 Å². The molecule has 0 aliphatic carbocycles. The van der Waals surface area contributed by atoms with Crippen molar-refractivity contribution in [1.29, 1.82) is 0 Å². The Hall–Kier alpha value is -2.34. The number of hydrogen-bond donors (Lipinski definition) is 1. The van der Waals surface area contributed by atoms with Crippen molar-refractivity contribution in [2.45, 2.75) is 31.6 Å². The number of benzene rings is 2. The Labute approximate surface area is 148 Å². The minimum absolute atomic E-state index is 0.0916. The van der Waals surface area contributed by atoms with E-state index in [1.807, 2.05) is 25.1 Å². The van der Waals surface area contributed by atoms with E-state index in [0.717, 1.165) is 37.2 Å². The van der Waals surface area contributed by atoms with Crippen LogP contribution in [0.2, 0.25) is 0 Å². The molecule has 6 heteroatoms. The normalized spacial score (nSPS) is 14.6. The van der Waals surface area contributed by atoms with Crippen LogP contribution >= 0.6 is 0 Å². The number of ketones is 1. The van der Waals surface area contributed by atoms with Gasteiger partial charge in [0, 0.05) is 24.3 Å². The summed E-state index contributed by atoms with van der Waals surface area (Å²) in [6.07, 6.45) is 2.33. The molecule has 2 aromatic carbocycles. The van der Waals surface area contributed by atoms with Gasteiger partial charge in [0.1, 0.15) is 0 Å². The molecular formula is C19H22N2O3S. The summed E-state index contributed by atoms with van der Waals surface area (Å²) in [4.78, 5) is 13.7. The Morgan fingerprint density at radius 2 is 1.68 bits per heavy atom. The fraction of sp³-hybridized carbons (Fsp3) is 0.316. The molecule has 132 valence electrons. The van der Waals surface area contributed by atoms with Crippen molar-refractivity contribution < 1.29 is 13.2 Å². The third-order valence-electron chi connectivity index (χ3n) is 4.51. The third kappa shape index (κ3) is 3.85. The van der Waals surface area contributed by atoms with E-state index in [2.05, 4.69) is 9.62 Å². The van der Waals surface area contributed by atoms with Gasteiger partial charge in [-0.3, -0.25) is 9.52 Å². The Balaban J connectivity index is 1.87.